The molecular formula is C20H20ClN5O2. The highest BCUT2D eigenvalue weighted by atomic mass is 35.5. The first-order valence-corrected chi connectivity index (χ1v) is 9.42. The Bertz CT molecular complexity index is 998. The van der Waals surface area contributed by atoms with Crippen molar-refractivity contribution in [3.8, 4) is 5.69 Å². The van der Waals surface area contributed by atoms with Crippen molar-refractivity contribution in [2.24, 2.45) is 0 Å². The molecule has 0 bridgehead atoms. The molecule has 7 nitrogen and oxygen atoms in total. The Morgan fingerprint density at radius 2 is 1.93 bits per heavy atom. The van der Waals surface area contributed by atoms with Crippen LogP contribution in [0.1, 0.15) is 16.2 Å². The first-order chi connectivity index (χ1) is 13.6. The van der Waals surface area contributed by atoms with E-state index in [2.05, 4.69) is 20.5 Å². The Labute approximate surface area is 167 Å². The normalized spacial score (nSPS) is 14.1. The fourth-order valence-electron chi connectivity index (χ4n) is 3.23. The van der Waals surface area contributed by atoms with Crippen molar-refractivity contribution in [2.75, 3.05) is 36.5 Å². The van der Waals surface area contributed by atoms with Gasteiger partial charge in [-0.2, -0.15) is 0 Å². The van der Waals surface area contributed by atoms with E-state index >= 15 is 0 Å². The minimum atomic E-state index is -0.300. The smallest absolute Gasteiger partial charge is 0.278 e. The number of nitrogens with zero attached hydrogens (tertiary/aromatic N) is 4. The van der Waals surface area contributed by atoms with Crippen molar-refractivity contribution in [1.29, 1.82) is 0 Å². The summed E-state index contributed by atoms with van der Waals surface area (Å²) in [5, 5.41) is 11.8. The van der Waals surface area contributed by atoms with E-state index < -0.39 is 0 Å². The minimum absolute atomic E-state index is 0.275. The number of hydrogen-bond acceptors (Lipinski definition) is 5. The lowest BCUT2D eigenvalue weighted by atomic mass is 10.2. The monoisotopic (exact) mass is 397 g/mol. The van der Waals surface area contributed by atoms with Crippen LogP contribution < -0.4 is 10.2 Å². The van der Waals surface area contributed by atoms with Crippen molar-refractivity contribution in [3.63, 3.8) is 0 Å². The van der Waals surface area contributed by atoms with E-state index in [0.29, 0.717) is 23.9 Å². The number of amides is 1. The van der Waals surface area contributed by atoms with Gasteiger partial charge in [0.15, 0.2) is 5.69 Å². The Hall–Kier alpha value is -2.90. The van der Waals surface area contributed by atoms with E-state index in [1.54, 1.807) is 16.8 Å². The van der Waals surface area contributed by atoms with Crippen LogP contribution >= 0.6 is 11.6 Å². The van der Waals surface area contributed by atoms with Crippen LogP contribution in [0, 0.1) is 6.92 Å². The van der Waals surface area contributed by atoms with Crippen LogP contribution in [0.4, 0.5) is 11.4 Å². The Kier molecular flexibility index (Phi) is 5.27. The molecule has 0 unspecified atom stereocenters. The van der Waals surface area contributed by atoms with Gasteiger partial charge in [0.2, 0.25) is 0 Å². The second-order valence-corrected chi connectivity index (χ2v) is 6.92. The zero-order valence-corrected chi connectivity index (χ0v) is 16.2. The van der Waals surface area contributed by atoms with Gasteiger partial charge in [0.25, 0.3) is 5.91 Å². The molecule has 144 valence electrons. The number of hydrogen-bond donors (Lipinski definition) is 1. The highest BCUT2D eigenvalue weighted by Gasteiger charge is 2.20. The molecule has 0 spiro atoms. The van der Waals surface area contributed by atoms with Crippen molar-refractivity contribution in [3.05, 3.63) is 64.9 Å². The number of halogens is 1. The van der Waals surface area contributed by atoms with E-state index in [0.717, 1.165) is 30.2 Å². The van der Waals surface area contributed by atoms with Crippen molar-refractivity contribution in [2.45, 2.75) is 6.92 Å². The van der Waals surface area contributed by atoms with Crippen LogP contribution in [0.25, 0.3) is 5.69 Å². The number of rotatable bonds is 4. The van der Waals surface area contributed by atoms with Crippen LogP contribution in [-0.2, 0) is 4.74 Å². The molecule has 1 aliphatic heterocycles. The van der Waals surface area contributed by atoms with Gasteiger partial charge in [-0.3, -0.25) is 4.79 Å². The molecule has 1 fully saturated rings. The molecule has 1 aromatic heterocycles. The summed E-state index contributed by atoms with van der Waals surface area (Å²) < 4.78 is 7.03. The van der Waals surface area contributed by atoms with E-state index in [1.807, 2.05) is 43.3 Å². The van der Waals surface area contributed by atoms with Gasteiger partial charge >= 0.3 is 0 Å². The van der Waals surface area contributed by atoms with Crippen molar-refractivity contribution >= 4 is 28.9 Å². The Balaban J connectivity index is 1.58. The number of carbonyl (C=O) groups is 1. The van der Waals surface area contributed by atoms with Crippen LogP contribution in [0.2, 0.25) is 5.02 Å². The van der Waals surface area contributed by atoms with E-state index in [9.17, 15) is 4.79 Å². The van der Waals surface area contributed by atoms with Crippen molar-refractivity contribution in [1.82, 2.24) is 15.0 Å². The molecule has 1 amide bonds. The summed E-state index contributed by atoms with van der Waals surface area (Å²) in [6, 6.07) is 15.0. The number of ether oxygens (including phenoxy) is 1. The van der Waals surface area contributed by atoms with Crippen LogP contribution in [-0.4, -0.2) is 47.2 Å². The third-order valence-electron chi connectivity index (χ3n) is 4.67. The number of nitrogens with one attached hydrogen (secondary N) is 1. The molecule has 1 N–H and O–H groups in total. The lowest BCUT2D eigenvalue weighted by Crippen LogP contribution is -2.36. The van der Waals surface area contributed by atoms with E-state index in [1.165, 1.54) is 0 Å². The summed E-state index contributed by atoms with van der Waals surface area (Å²) in [5.74, 6) is -0.300. The van der Waals surface area contributed by atoms with Gasteiger partial charge in [-0.15, -0.1) is 5.10 Å². The maximum atomic E-state index is 12.9. The van der Waals surface area contributed by atoms with Gasteiger partial charge in [0.05, 0.1) is 36.0 Å². The largest absolute Gasteiger partial charge is 0.378 e. The predicted molar refractivity (Wildman–Crippen MR) is 109 cm³/mol. The van der Waals surface area contributed by atoms with Crippen molar-refractivity contribution < 1.29 is 9.53 Å². The summed E-state index contributed by atoms with van der Waals surface area (Å²) in [6.07, 6.45) is 0. The van der Waals surface area contributed by atoms with Crippen LogP contribution in [0.15, 0.2) is 48.5 Å². The van der Waals surface area contributed by atoms with Gasteiger partial charge in [0, 0.05) is 18.1 Å². The highest BCUT2D eigenvalue weighted by Crippen LogP contribution is 2.27. The molecule has 0 radical (unpaired) electrons. The quantitative estimate of drug-likeness (QED) is 0.731. The SMILES string of the molecule is Cc1c(C(=O)Nc2ccccc2N2CCOCC2)nnn1-c1cccc(Cl)c1. The maximum Gasteiger partial charge on any atom is 0.278 e. The number of para-hydroxylation sites is 2. The molecular weight excluding hydrogens is 378 g/mol. The Morgan fingerprint density at radius 1 is 1.14 bits per heavy atom. The van der Waals surface area contributed by atoms with Gasteiger partial charge < -0.3 is 15.0 Å². The summed E-state index contributed by atoms with van der Waals surface area (Å²) in [7, 11) is 0. The zero-order valence-electron chi connectivity index (χ0n) is 15.4. The summed E-state index contributed by atoms with van der Waals surface area (Å²) in [6.45, 7) is 4.74. The van der Waals surface area contributed by atoms with Gasteiger partial charge in [-0.05, 0) is 37.3 Å². The molecule has 4 rings (SSSR count). The summed E-state index contributed by atoms with van der Waals surface area (Å²) in [4.78, 5) is 15.1. The second-order valence-electron chi connectivity index (χ2n) is 6.49. The average Bonchev–Trinajstić information content (AvgIpc) is 3.10. The summed E-state index contributed by atoms with van der Waals surface area (Å²) >= 11 is 6.06. The molecule has 3 aromatic rings. The van der Waals surface area contributed by atoms with E-state index in [-0.39, 0.29) is 11.6 Å². The molecule has 0 atom stereocenters. The fraction of sp³-hybridized carbons (Fsp3) is 0.250. The van der Waals surface area contributed by atoms with E-state index in [4.69, 9.17) is 16.3 Å². The molecule has 8 heteroatoms. The first-order valence-electron chi connectivity index (χ1n) is 9.05. The zero-order chi connectivity index (χ0) is 19.5. The fourth-order valence-corrected chi connectivity index (χ4v) is 3.42. The molecule has 0 saturated carbocycles. The Morgan fingerprint density at radius 3 is 2.71 bits per heavy atom. The average molecular weight is 398 g/mol. The number of carbonyl (C=O) groups excluding carboxylic acids is 1. The predicted octanol–water partition coefficient (Wildman–Crippen LogP) is 3.32. The first kappa shape index (κ1) is 18.5. The second kappa shape index (κ2) is 8.00. The summed E-state index contributed by atoms with van der Waals surface area (Å²) in [5.41, 5.74) is 3.38. The molecule has 0 aliphatic carbocycles. The molecule has 28 heavy (non-hydrogen) atoms. The number of anilines is 2. The topological polar surface area (TPSA) is 72.3 Å². The van der Waals surface area contributed by atoms with Gasteiger partial charge in [-0.25, -0.2) is 4.68 Å². The molecule has 2 heterocycles. The minimum Gasteiger partial charge on any atom is -0.378 e. The van der Waals surface area contributed by atoms with Crippen LogP contribution in [0.5, 0.6) is 0 Å². The van der Waals surface area contributed by atoms with Gasteiger partial charge in [0.1, 0.15) is 0 Å². The number of aromatic nitrogens is 3. The molecule has 2 aromatic carbocycles. The van der Waals surface area contributed by atoms with Gasteiger partial charge in [-0.1, -0.05) is 35.0 Å². The third-order valence-corrected chi connectivity index (χ3v) is 4.90. The van der Waals surface area contributed by atoms with Crippen LogP contribution in [0.3, 0.4) is 0 Å². The third kappa shape index (κ3) is 3.72. The number of morpholine rings is 1. The highest BCUT2D eigenvalue weighted by molar-refractivity contribution is 6.30. The standard InChI is InChI=1S/C20H20ClN5O2/c1-14-19(23-24-26(14)16-6-4-5-15(21)13-16)20(27)22-17-7-2-3-8-18(17)25-9-11-28-12-10-25/h2-8,13H,9-12H2,1H3,(H,22,27). The number of benzene rings is 2. The maximum absolute atomic E-state index is 12.9. The molecule has 1 aliphatic rings. The lowest BCUT2D eigenvalue weighted by molar-refractivity contribution is 0.102. The lowest BCUT2D eigenvalue weighted by Gasteiger charge is -2.30. The molecule has 1 saturated heterocycles.